The maximum Gasteiger partial charge on any atom is 0.247 e. The molecule has 0 N–H and O–H groups in total. The molecule has 1 aliphatic rings. The third-order valence-electron chi connectivity index (χ3n) is 3.32. The minimum absolute atomic E-state index is 0.106. The molecule has 0 amide bonds. The van der Waals surface area contributed by atoms with Gasteiger partial charge in [-0.2, -0.15) is 4.79 Å². The smallest absolute Gasteiger partial charge is 0.247 e. The average molecular weight is 257 g/mol. The zero-order valence-corrected chi connectivity index (χ0v) is 12.4. The minimum atomic E-state index is -1.63. The van der Waals surface area contributed by atoms with Gasteiger partial charge in [0.2, 0.25) is 5.33 Å². The van der Waals surface area contributed by atoms with Crippen LogP contribution < -0.4 is 4.90 Å². The molecule has 0 saturated carbocycles. The van der Waals surface area contributed by atoms with E-state index in [9.17, 15) is 5.53 Å². The fourth-order valence-corrected chi connectivity index (χ4v) is 3.87. The van der Waals surface area contributed by atoms with E-state index in [0.717, 1.165) is 5.33 Å². The molecule has 1 atom stereocenters. The standard InChI is InChI=1S/C14H19N3Si/c1-17-10-9-12(14(16-15)18(2,3)4)11-7-5-6-8-13(11)17/h5-10,12H,1-4H3. The van der Waals surface area contributed by atoms with Gasteiger partial charge in [0.15, 0.2) is 8.07 Å². The Hall–Kier alpha value is -1.64. The first-order valence-corrected chi connectivity index (χ1v) is 9.67. The van der Waals surface area contributed by atoms with Crippen LogP contribution >= 0.6 is 0 Å². The Bertz CT molecular complexity index is 536. The van der Waals surface area contributed by atoms with E-state index in [1.54, 1.807) is 0 Å². The van der Waals surface area contributed by atoms with Crippen molar-refractivity contribution in [2.24, 2.45) is 0 Å². The van der Waals surface area contributed by atoms with E-state index in [4.69, 9.17) is 0 Å². The van der Waals surface area contributed by atoms with Crippen LogP contribution in [0, 0.1) is 0 Å². The Kier molecular flexibility index (Phi) is 3.24. The first-order chi connectivity index (χ1) is 8.45. The summed E-state index contributed by atoms with van der Waals surface area (Å²) < 4.78 is 0. The highest BCUT2D eigenvalue weighted by molar-refractivity contribution is 7.04. The first-order valence-electron chi connectivity index (χ1n) is 6.17. The fourth-order valence-electron chi connectivity index (χ4n) is 2.39. The number of rotatable bonds is 2. The number of hydrogen-bond acceptors (Lipinski definition) is 1. The molecule has 18 heavy (non-hydrogen) atoms. The molecule has 0 bridgehead atoms. The van der Waals surface area contributed by atoms with E-state index in [2.05, 4.69) is 53.7 Å². The van der Waals surface area contributed by atoms with E-state index < -0.39 is 8.07 Å². The molecule has 1 aromatic carbocycles. The summed E-state index contributed by atoms with van der Waals surface area (Å²) in [4.78, 5) is 5.72. The number of anilines is 1. The lowest BCUT2D eigenvalue weighted by molar-refractivity contribution is -0.00472. The predicted octanol–water partition coefficient (Wildman–Crippen LogP) is 3.28. The van der Waals surface area contributed by atoms with Gasteiger partial charge in [-0.05, 0) is 17.7 Å². The first kappa shape index (κ1) is 12.8. The molecule has 0 spiro atoms. The molecule has 0 saturated heterocycles. The summed E-state index contributed by atoms with van der Waals surface area (Å²) in [6.07, 6.45) is 4.17. The van der Waals surface area contributed by atoms with Gasteiger partial charge in [-0.3, -0.25) is 0 Å². The fraction of sp³-hybridized carbons (Fsp3) is 0.357. The topological polar surface area (TPSA) is 39.6 Å². The summed E-state index contributed by atoms with van der Waals surface area (Å²) in [6.45, 7) is 6.62. The Morgan fingerprint density at radius 2 is 1.94 bits per heavy atom. The molecule has 2 rings (SSSR count). The second kappa shape index (κ2) is 4.56. The van der Waals surface area contributed by atoms with Crippen LogP contribution in [0.25, 0.3) is 5.53 Å². The molecule has 0 aliphatic carbocycles. The van der Waals surface area contributed by atoms with Crippen LogP contribution in [0.5, 0.6) is 0 Å². The van der Waals surface area contributed by atoms with Gasteiger partial charge in [-0.15, -0.1) is 0 Å². The van der Waals surface area contributed by atoms with E-state index in [1.165, 1.54) is 11.3 Å². The van der Waals surface area contributed by atoms with Crippen molar-refractivity contribution in [3.63, 3.8) is 0 Å². The molecule has 94 valence electrons. The molecular formula is C14H19N3Si. The van der Waals surface area contributed by atoms with E-state index in [-0.39, 0.29) is 5.92 Å². The van der Waals surface area contributed by atoms with Crippen molar-refractivity contribution in [1.82, 2.24) is 0 Å². The lowest BCUT2D eigenvalue weighted by Gasteiger charge is -2.28. The Morgan fingerprint density at radius 3 is 2.56 bits per heavy atom. The van der Waals surface area contributed by atoms with Crippen molar-refractivity contribution >= 4 is 19.1 Å². The number of fused-ring (bicyclic) bond motifs is 1. The zero-order chi connectivity index (χ0) is 13.3. The highest BCUT2D eigenvalue weighted by Gasteiger charge is 2.38. The van der Waals surface area contributed by atoms with Crippen LogP contribution in [0.3, 0.4) is 0 Å². The molecule has 1 unspecified atom stereocenters. The highest BCUT2D eigenvalue weighted by Crippen LogP contribution is 2.34. The number of nitrogens with zero attached hydrogens (tertiary/aromatic N) is 3. The number of hydrogen-bond donors (Lipinski definition) is 0. The molecule has 1 heterocycles. The van der Waals surface area contributed by atoms with Crippen molar-refractivity contribution in [3.8, 4) is 0 Å². The molecule has 1 aliphatic heterocycles. The number of benzene rings is 1. The third-order valence-corrected chi connectivity index (χ3v) is 5.27. The van der Waals surface area contributed by atoms with Crippen LogP contribution in [-0.2, 0) is 0 Å². The number of allylic oxidation sites excluding steroid dienone is 1. The van der Waals surface area contributed by atoms with Gasteiger partial charge in [0.25, 0.3) is 0 Å². The van der Waals surface area contributed by atoms with Gasteiger partial charge in [0.05, 0.1) is 5.92 Å². The van der Waals surface area contributed by atoms with Crippen molar-refractivity contribution < 1.29 is 4.79 Å². The molecule has 4 heteroatoms. The van der Waals surface area contributed by atoms with Crippen molar-refractivity contribution in [2.75, 3.05) is 11.9 Å². The molecule has 1 aromatic rings. The Labute approximate surface area is 109 Å². The van der Waals surface area contributed by atoms with Crippen molar-refractivity contribution in [1.29, 1.82) is 0 Å². The highest BCUT2D eigenvalue weighted by atomic mass is 28.3. The van der Waals surface area contributed by atoms with Gasteiger partial charge in [-0.1, -0.05) is 37.8 Å². The minimum Gasteiger partial charge on any atom is -0.362 e. The van der Waals surface area contributed by atoms with E-state index in [1.807, 2.05) is 19.2 Å². The molecule has 0 aromatic heterocycles. The van der Waals surface area contributed by atoms with Crippen molar-refractivity contribution in [3.05, 3.63) is 47.6 Å². The Balaban J connectivity index is 2.54. The van der Waals surface area contributed by atoms with Crippen LogP contribution in [0.2, 0.25) is 19.6 Å². The predicted molar refractivity (Wildman–Crippen MR) is 78.7 cm³/mol. The summed E-state index contributed by atoms with van der Waals surface area (Å²) in [5.41, 5.74) is 11.8. The summed E-state index contributed by atoms with van der Waals surface area (Å²) in [6, 6.07) is 8.30. The van der Waals surface area contributed by atoms with E-state index >= 15 is 0 Å². The maximum absolute atomic E-state index is 9.38. The Morgan fingerprint density at radius 1 is 1.28 bits per heavy atom. The summed E-state index contributed by atoms with van der Waals surface area (Å²) in [7, 11) is 0.403. The third kappa shape index (κ3) is 2.17. The largest absolute Gasteiger partial charge is 0.362 e. The molecular weight excluding hydrogens is 238 g/mol. The molecule has 0 radical (unpaired) electrons. The monoisotopic (exact) mass is 257 g/mol. The van der Waals surface area contributed by atoms with Gasteiger partial charge >= 0.3 is 0 Å². The van der Waals surface area contributed by atoms with Gasteiger partial charge in [0, 0.05) is 18.9 Å². The SMILES string of the molecule is CN1C=CC(C(=[N+]=[N-])[Si](C)(C)C)c2ccccc21. The van der Waals surface area contributed by atoms with Gasteiger partial charge in [-0.25, -0.2) is 0 Å². The van der Waals surface area contributed by atoms with Crippen LogP contribution in [0.1, 0.15) is 11.5 Å². The van der Waals surface area contributed by atoms with E-state index in [0.29, 0.717) is 0 Å². The lowest BCUT2D eigenvalue weighted by atomic mass is 9.95. The average Bonchev–Trinajstić information content (AvgIpc) is 2.32. The second-order valence-electron chi connectivity index (χ2n) is 5.72. The lowest BCUT2D eigenvalue weighted by Crippen LogP contribution is -2.39. The summed E-state index contributed by atoms with van der Waals surface area (Å²) in [5.74, 6) is 0.106. The van der Waals surface area contributed by atoms with Crippen LogP contribution in [0.15, 0.2) is 36.5 Å². The maximum atomic E-state index is 9.38. The second-order valence-corrected chi connectivity index (χ2v) is 10.7. The number of para-hydroxylation sites is 1. The normalized spacial score (nSPS) is 18.2. The van der Waals surface area contributed by atoms with Crippen LogP contribution in [-0.4, -0.2) is 25.2 Å². The van der Waals surface area contributed by atoms with Crippen LogP contribution in [0.4, 0.5) is 5.69 Å². The molecule has 0 fully saturated rings. The van der Waals surface area contributed by atoms with Crippen molar-refractivity contribution in [2.45, 2.75) is 25.6 Å². The zero-order valence-electron chi connectivity index (χ0n) is 11.4. The van der Waals surface area contributed by atoms with Gasteiger partial charge < -0.3 is 10.4 Å². The quantitative estimate of drug-likeness (QED) is 0.347. The summed E-state index contributed by atoms with van der Waals surface area (Å²) in [5, 5.41) is 0.930. The summed E-state index contributed by atoms with van der Waals surface area (Å²) >= 11 is 0. The van der Waals surface area contributed by atoms with Gasteiger partial charge in [0.1, 0.15) is 0 Å². The molecule has 3 nitrogen and oxygen atoms in total.